The lowest BCUT2D eigenvalue weighted by molar-refractivity contribution is -0.627. The lowest BCUT2D eigenvalue weighted by atomic mass is 10.2. The number of benzene rings is 2. The van der Waals surface area contributed by atoms with Crippen molar-refractivity contribution in [2.24, 2.45) is 17.3 Å². The van der Waals surface area contributed by atoms with E-state index in [4.69, 9.17) is 4.74 Å². The van der Waals surface area contributed by atoms with Crippen LogP contribution in [0.15, 0.2) is 52.7 Å². The molecule has 0 atom stereocenters. The molecule has 0 saturated carbocycles. The van der Waals surface area contributed by atoms with Gasteiger partial charge in [-0.3, -0.25) is 4.18 Å². The molecule has 29 heavy (non-hydrogen) atoms. The van der Waals surface area contributed by atoms with Gasteiger partial charge in [-0.2, -0.15) is 0 Å². The average Bonchev–Trinajstić information content (AvgIpc) is 3.01. The largest absolute Gasteiger partial charge is 0.726 e. The summed E-state index contributed by atoms with van der Waals surface area (Å²) >= 11 is 1.60. The zero-order valence-corrected chi connectivity index (χ0v) is 18.3. The summed E-state index contributed by atoms with van der Waals surface area (Å²) < 4.78 is 39.5. The van der Waals surface area contributed by atoms with E-state index in [9.17, 15) is 13.0 Å². The molecule has 0 N–H and O–H groups in total. The van der Waals surface area contributed by atoms with Gasteiger partial charge in [0.15, 0.2) is 0 Å². The van der Waals surface area contributed by atoms with Crippen LogP contribution in [0.2, 0.25) is 0 Å². The van der Waals surface area contributed by atoms with Crippen LogP contribution in [0, 0.1) is 0 Å². The van der Waals surface area contributed by atoms with Gasteiger partial charge in [0, 0.05) is 20.2 Å². The molecule has 9 nitrogen and oxygen atoms in total. The highest BCUT2D eigenvalue weighted by Gasteiger charge is 2.17. The Bertz CT molecular complexity index is 1110. The Morgan fingerprint density at radius 1 is 1.10 bits per heavy atom. The molecule has 0 saturated heterocycles. The summed E-state index contributed by atoms with van der Waals surface area (Å²) in [5, 5.41) is 9.74. The van der Waals surface area contributed by atoms with Crippen LogP contribution < -0.4 is 14.2 Å². The van der Waals surface area contributed by atoms with E-state index < -0.39 is 10.4 Å². The van der Waals surface area contributed by atoms with E-state index in [-0.39, 0.29) is 0 Å². The van der Waals surface area contributed by atoms with Crippen LogP contribution in [0.3, 0.4) is 0 Å². The minimum Gasteiger partial charge on any atom is -0.726 e. The lowest BCUT2D eigenvalue weighted by Crippen LogP contribution is -2.25. The third-order valence-electron chi connectivity index (χ3n) is 3.83. The molecule has 1 aromatic heterocycles. The van der Waals surface area contributed by atoms with E-state index in [0.717, 1.165) is 39.6 Å². The van der Waals surface area contributed by atoms with E-state index in [0.29, 0.717) is 0 Å². The highest BCUT2D eigenvalue weighted by molar-refractivity contribution is 7.80. The SMILES string of the molecule is COS(=O)(=O)[O-].COc1ccc2c(c1)sc(N=Nc1ccccc1N(C)C)[n+]2C. The first kappa shape index (κ1) is 22.7. The average molecular weight is 439 g/mol. The molecule has 0 bridgehead atoms. The van der Waals surface area contributed by atoms with Crippen LogP contribution >= 0.6 is 11.3 Å². The quantitative estimate of drug-likeness (QED) is 0.262. The number of anilines is 1. The predicted molar refractivity (Wildman–Crippen MR) is 111 cm³/mol. The van der Waals surface area contributed by atoms with Gasteiger partial charge in [-0.25, -0.2) is 13.0 Å². The Labute approximate surface area is 173 Å². The Morgan fingerprint density at radius 2 is 1.76 bits per heavy atom. The maximum Gasteiger partial charge on any atom is 0.409 e. The molecule has 0 radical (unpaired) electrons. The number of rotatable bonds is 5. The number of aromatic nitrogens is 1. The number of methoxy groups -OCH3 is 1. The number of nitrogens with zero attached hydrogens (tertiary/aromatic N) is 4. The maximum absolute atomic E-state index is 9.22. The molecule has 1 heterocycles. The number of ether oxygens (including phenoxy) is 1. The molecule has 2 aromatic carbocycles. The van der Waals surface area contributed by atoms with Gasteiger partial charge in [0.25, 0.3) is 0 Å². The van der Waals surface area contributed by atoms with Crippen LogP contribution in [0.1, 0.15) is 0 Å². The topological polar surface area (TPSA) is 108 Å². The molecule has 3 aromatic rings. The molecule has 0 fully saturated rings. The zero-order valence-electron chi connectivity index (χ0n) is 16.7. The van der Waals surface area contributed by atoms with E-state index in [1.807, 2.05) is 73.1 Å². The minimum absolute atomic E-state index is 0.808. The molecule has 0 aliphatic heterocycles. The van der Waals surface area contributed by atoms with Crippen LogP contribution in [-0.4, -0.2) is 41.3 Å². The smallest absolute Gasteiger partial charge is 0.409 e. The number of para-hydroxylation sites is 1. The van der Waals surface area contributed by atoms with E-state index in [2.05, 4.69) is 14.4 Å². The molecule has 0 spiro atoms. The molecule has 156 valence electrons. The summed E-state index contributed by atoms with van der Waals surface area (Å²) in [4.78, 5) is 2.03. The summed E-state index contributed by atoms with van der Waals surface area (Å²) in [5.41, 5.74) is 3.01. The molecular formula is C18H22N4O5S2. The van der Waals surface area contributed by atoms with Crippen molar-refractivity contribution in [2.45, 2.75) is 0 Å². The van der Waals surface area contributed by atoms with Crippen LogP contribution in [-0.2, 0) is 21.6 Å². The van der Waals surface area contributed by atoms with Gasteiger partial charge in [-0.15, -0.1) is 0 Å². The molecule has 0 aliphatic carbocycles. The molecule has 11 heteroatoms. The molecular weight excluding hydrogens is 416 g/mol. The van der Waals surface area contributed by atoms with Crippen molar-refractivity contribution in [1.29, 1.82) is 0 Å². The fraction of sp³-hybridized carbons (Fsp3) is 0.278. The number of aryl methyl sites for hydroxylation is 1. The van der Waals surface area contributed by atoms with Crippen molar-refractivity contribution in [3.63, 3.8) is 0 Å². The predicted octanol–water partition coefficient (Wildman–Crippen LogP) is 3.31. The van der Waals surface area contributed by atoms with E-state index in [1.165, 1.54) is 0 Å². The second-order valence-electron chi connectivity index (χ2n) is 5.94. The number of fused-ring (bicyclic) bond motifs is 1. The third kappa shape index (κ3) is 6.19. The first-order chi connectivity index (χ1) is 13.7. The summed E-state index contributed by atoms with van der Waals surface area (Å²) in [6.07, 6.45) is 0. The second-order valence-corrected chi connectivity index (χ2v) is 8.09. The van der Waals surface area contributed by atoms with Gasteiger partial charge in [-0.05, 0) is 40.7 Å². The third-order valence-corrected chi connectivity index (χ3v) is 5.32. The first-order valence-corrected chi connectivity index (χ1v) is 10.5. The number of azo groups is 1. The van der Waals surface area contributed by atoms with Crippen molar-refractivity contribution in [2.75, 3.05) is 33.2 Å². The summed E-state index contributed by atoms with van der Waals surface area (Å²) in [7, 11) is 4.07. The highest BCUT2D eigenvalue weighted by atomic mass is 32.3. The normalized spacial score (nSPS) is 11.4. The van der Waals surface area contributed by atoms with Gasteiger partial charge < -0.3 is 14.2 Å². The fourth-order valence-electron chi connectivity index (χ4n) is 2.36. The number of thiazole rings is 1. The Balaban J connectivity index is 0.000000438. The Morgan fingerprint density at radius 3 is 2.34 bits per heavy atom. The van der Waals surface area contributed by atoms with Crippen molar-refractivity contribution in [3.05, 3.63) is 42.5 Å². The minimum atomic E-state index is -4.41. The van der Waals surface area contributed by atoms with E-state index in [1.54, 1.807) is 18.4 Å². The second kappa shape index (κ2) is 9.74. The summed E-state index contributed by atoms with van der Waals surface area (Å²) in [6.45, 7) is 0. The van der Waals surface area contributed by atoms with Gasteiger partial charge in [0.2, 0.25) is 10.4 Å². The van der Waals surface area contributed by atoms with Gasteiger partial charge >= 0.3 is 5.13 Å². The van der Waals surface area contributed by atoms with Gasteiger partial charge in [-0.1, -0.05) is 12.1 Å². The van der Waals surface area contributed by atoms with E-state index >= 15 is 0 Å². The lowest BCUT2D eigenvalue weighted by Gasteiger charge is -2.12. The van der Waals surface area contributed by atoms with Crippen LogP contribution in [0.4, 0.5) is 16.5 Å². The van der Waals surface area contributed by atoms with Gasteiger partial charge in [0.05, 0.1) is 36.8 Å². The molecule has 0 unspecified atom stereocenters. The van der Waals surface area contributed by atoms with Crippen molar-refractivity contribution in [1.82, 2.24) is 0 Å². The number of hydrogen-bond donors (Lipinski definition) is 0. The first-order valence-electron chi connectivity index (χ1n) is 8.32. The summed E-state index contributed by atoms with van der Waals surface area (Å²) in [6, 6.07) is 14.0. The van der Waals surface area contributed by atoms with Crippen LogP contribution in [0.25, 0.3) is 10.2 Å². The fourth-order valence-corrected chi connectivity index (χ4v) is 3.36. The molecule has 0 amide bonds. The summed E-state index contributed by atoms with van der Waals surface area (Å²) in [5.74, 6) is 0.848. The number of hydrogen-bond acceptors (Lipinski definition) is 9. The Kier molecular flexibility index (Phi) is 7.62. The zero-order chi connectivity index (χ0) is 21.6. The van der Waals surface area contributed by atoms with Gasteiger partial charge in [0.1, 0.15) is 17.0 Å². The highest BCUT2D eigenvalue weighted by Crippen LogP contribution is 2.32. The van der Waals surface area contributed by atoms with Crippen molar-refractivity contribution >= 4 is 48.5 Å². The van der Waals surface area contributed by atoms with Crippen molar-refractivity contribution < 1.29 is 26.5 Å². The molecule has 3 rings (SSSR count). The van der Waals surface area contributed by atoms with Crippen molar-refractivity contribution in [3.8, 4) is 5.75 Å². The molecule has 0 aliphatic rings. The standard InChI is InChI=1S/C17H19N4OS.CH4O4S/c1-20(2)14-8-6-5-7-13(14)18-19-17-21(3)15-10-9-12(22-4)11-16(15)23-17;1-5-6(2,3)4/h5-11H,1-4H3;1H3,(H,2,3,4)/q+1;/p-1. The van der Waals surface area contributed by atoms with Crippen LogP contribution in [0.5, 0.6) is 5.75 Å². The monoisotopic (exact) mass is 438 g/mol. The maximum atomic E-state index is 9.22. The Hall–Kier alpha value is -2.60.